The Balaban J connectivity index is 1.64. The number of benzene rings is 1. The second-order valence-electron chi connectivity index (χ2n) is 5.55. The third kappa shape index (κ3) is 5.31. The van der Waals surface area contributed by atoms with Crippen LogP contribution in [0.2, 0.25) is 0 Å². The molecular formula is C16H24N2O2. The fraction of sp³-hybridized carbons (Fsp3) is 0.562. The van der Waals surface area contributed by atoms with Crippen LogP contribution in [0, 0.1) is 5.92 Å². The summed E-state index contributed by atoms with van der Waals surface area (Å²) in [5.41, 5.74) is 1.09. The standard InChI is InChI=1S/C16H24N2O2/c19-15(10-13-4-2-1-3-5-13)12-18-16(20)11-14-6-8-17-9-7-14/h1-5,14-15,17,19H,6-12H2,(H,18,20). The van der Waals surface area contributed by atoms with E-state index in [-0.39, 0.29) is 5.91 Å². The van der Waals surface area contributed by atoms with Gasteiger partial charge >= 0.3 is 0 Å². The van der Waals surface area contributed by atoms with Gasteiger partial charge < -0.3 is 15.7 Å². The summed E-state index contributed by atoms with van der Waals surface area (Å²) in [6, 6.07) is 9.84. The molecule has 0 aromatic heterocycles. The molecule has 110 valence electrons. The molecule has 0 saturated carbocycles. The first-order chi connectivity index (χ1) is 9.74. The highest BCUT2D eigenvalue weighted by molar-refractivity contribution is 5.76. The molecule has 3 N–H and O–H groups in total. The number of hydrogen-bond donors (Lipinski definition) is 3. The fourth-order valence-corrected chi connectivity index (χ4v) is 2.61. The molecule has 1 heterocycles. The number of hydrogen-bond acceptors (Lipinski definition) is 3. The molecular weight excluding hydrogens is 252 g/mol. The molecule has 1 amide bonds. The summed E-state index contributed by atoms with van der Waals surface area (Å²) >= 11 is 0. The average Bonchev–Trinajstić information content (AvgIpc) is 2.47. The molecule has 1 aliphatic rings. The Bertz CT molecular complexity index is 402. The zero-order valence-electron chi connectivity index (χ0n) is 11.8. The van der Waals surface area contributed by atoms with Crippen LogP contribution in [0.15, 0.2) is 30.3 Å². The van der Waals surface area contributed by atoms with Crippen LogP contribution in [0.5, 0.6) is 0 Å². The van der Waals surface area contributed by atoms with Gasteiger partial charge in [0.1, 0.15) is 0 Å². The Morgan fingerprint density at radius 3 is 2.70 bits per heavy atom. The molecule has 4 heteroatoms. The molecule has 1 aromatic rings. The monoisotopic (exact) mass is 276 g/mol. The maximum Gasteiger partial charge on any atom is 0.220 e. The Hall–Kier alpha value is -1.39. The van der Waals surface area contributed by atoms with E-state index in [1.807, 2.05) is 30.3 Å². The molecule has 1 unspecified atom stereocenters. The van der Waals surface area contributed by atoms with Crippen LogP contribution >= 0.6 is 0 Å². The summed E-state index contributed by atoms with van der Waals surface area (Å²) in [5.74, 6) is 0.548. The van der Waals surface area contributed by atoms with Crippen molar-refractivity contribution in [1.29, 1.82) is 0 Å². The van der Waals surface area contributed by atoms with Gasteiger partial charge in [-0.3, -0.25) is 4.79 Å². The van der Waals surface area contributed by atoms with Gasteiger partial charge in [0.2, 0.25) is 5.91 Å². The molecule has 0 spiro atoms. The maximum atomic E-state index is 11.8. The number of carbonyl (C=O) groups is 1. The van der Waals surface area contributed by atoms with Crippen molar-refractivity contribution in [3.63, 3.8) is 0 Å². The molecule has 1 atom stereocenters. The highest BCUT2D eigenvalue weighted by Crippen LogP contribution is 2.15. The van der Waals surface area contributed by atoms with Gasteiger partial charge in [-0.25, -0.2) is 0 Å². The van der Waals surface area contributed by atoms with E-state index in [1.54, 1.807) is 0 Å². The van der Waals surface area contributed by atoms with Crippen molar-refractivity contribution in [2.75, 3.05) is 19.6 Å². The van der Waals surface area contributed by atoms with E-state index < -0.39 is 6.10 Å². The fourth-order valence-electron chi connectivity index (χ4n) is 2.61. The summed E-state index contributed by atoms with van der Waals surface area (Å²) in [4.78, 5) is 11.8. The molecule has 1 aliphatic heterocycles. The van der Waals surface area contributed by atoms with Gasteiger partial charge in [-0.05, 0) is 37.4 Å². The molecule has 0 bridgehead atoms. The molecule has 20 heavy (non-hydrogen) atoms. The molecule has 0 aliphatic carbocycles. The second-order valence-corrected chi connectivity index (χ2v) is 5.55. The van der Waals surface area contributed by atoms with E-state index in [0.29, 0.717) is 25.3 Å². The van der Waals surface area contributed by atoms with Gasteiger partial charge in [0, 0.05) is 19.4 Å². The number of aliphatic hydroxyl groups is 1. The maximum absolute atomic E-state index is 11.8. The normalized spacial score (nSPS) is 17.6. The van der Waals surface area contributed by atoms with Gasteiger partial charge in [-0.1, -0.05) is 30.3 Å². The number of aliphatic hydroxyl groups excluding tert-OH is 1. The summed E-state index contributed by atoms with van der Waals surface area (Å²) in [6.45, 7) is 2.35. The minimum Gasteiger partial charge on any atom is -0.391 e. The van der Waals surface area contributed by atoms with Crippen molar-refractivity contribution >= 4 is 5.91 Å². The predicted octanol–water partition coefficient (Wildman–Crippen LogP) is 1.10. The van der Waals surface area contributed by atoms with Gasteiger partial charge in [0.05, 0.1) is 6.10 Å². The van der Waals surface area contributed by atoms with E-state index in [2.05, 4.69) is 10.6 Å². The smallest absolute Gasteiger partial charge is 0.220 e. The number of nitrogens with one attached hydrogen (secondary N) is 2. The first-order valence-corrected chi connectivity index (χ1v) is 7.43. The highest BCUT2D eigenvalue weighted by atomic mass is 16.3. The van der Waals surface area contributed by atoms with Crippen molar-refractivity contribution in [2.45, 2.75) is 31.8 Å². The van der Waals surface area contributed by atoms with Crippen LogP contribution in [0.1, 0.15) is 24.8 Å². The summed E-state index contributed by atoms with van der Waals surface area (Å²) < 4.78 is 0. The van der Waals surface area contributed by atoms with Crippen molar-refractivity contribution in [2.24, 2.45) is 5.92 Å². The lowest BCUT2D eigenvalue weighted by Crippen LogP contribution is -2.36. The topological polar surface area (TPSA) is 61.4 Å². The quantitative estimate of drug-likeness (QED) is 0.729. The zero-order chi connectivity index (χ0) is 14.2. The Labute approximate surface area is 120 Å². The Kier molecular flexibility index (Phi) is 6.02. The Morgan fingerprint density at radius 2 is 2.00 bits per heavy atom. The Morgan fingerprint density at radius 1 is 1.30 bits per heavy atom. The first kappa shape index (κ1) is 15.0. The van der Waals surface area contributed by atoms with Crippen molar-refractivity contribution in [1.82, 2.24) is 10.6 Å². The van der Waals surface area contributed by atoms with E-state index in [1.165, 1.54) is 0 Å². The van der Waals surface area contributed by atoms with Gasteiger partial charge in [0.15, 0.2) is 0 Å². The van der Waals surface area contributed by atoms with E-state index in [0.717, 1.165) is 31.5 Å². The molecule has 1 fully saturated rings. The minimum absolute atomic E-state index is 0.0593. The van der Waals surface area contributed by atoms with Gasteiger partial charge in [-0.15, -0.1) is 0 Å². The highest BCUT2D eigenvalue weighted by Gasteiger charge is 2.17. The number of piperidine rings is 1. The first-order valence-electron chi connectivity index (χ1n) is 7.43. The van der Waals surface area contributed by atoms with Crippen LogP contribution < -0.4 is 10.6 Å². The van der Waals surface area contributed by atoms with Crippen LogP contribution in [0.4, 0.5) is 0 Å². The third-order valence-corrected chi connectivity index (χ3v) is 3.78. The molecule has 0 radical (unpaired) electrons. The lowest BCUT2D eigenvalue weighted by atomic mass is 9.94. The molecule has 4 nitrogen and oxygen atoms in total. The average molecular weight is 276 g/mol. The van der Waals surface area contributed by atoms with Crippen molar-refractivity contribution in [3.05, 3.63) is 35.9 Å². The second kappa shape index (κ2) is 8.02. The van der Waals surface area contributed by atoms with Crippen LogP contribution in [-0.4, -0.2) is 36.8 Å². The van der Waals surface area contributed by atoms with Crippen LogP contribution in [-0.2, 0) is 11.2 Å². The predicted molar refractivity (Wildman–Crippen MR) is 79.4 cm³/mol. The van der Waals surface area contributed by atoms with E-state index >= 15 is 0 Å². The third-order valence-electron chi connectivity index (χ3n) is 3.78. The van der Waals surface area contributed by atoms with Crippen molar-refractivity contribution in [3.8, 4) is 0 Å². The largest absolute Gasteiger partial charge is 0.391 e. The number of carbonyl (C=O) groups excluding carboxylic acids is 1. The number of rotatable bonds is 6. The van der Waals surface area contributed by atoms with E-state index in [4.69, 9.17) is 0 Å². The summed E-state index contributed by atoms with van der Waals surface area (Å²) in [7, 11) is 0. The summed E-state index contributed by atoms with van der Waals surface area (Å²) in [5, 5.41) is 16.1. The lowest BCUT2D eigenvalue weighted by molar-refractivity contribution is -0.122. The zero-order valence-corrected chi connectivity index (χ0v) is 11.8. The SMILES string of the molecule is O=C(CC1CCNCC1)NCC(O)Cc1ccccc1. The molecule has 2 rings (SSSR count). The summed E-state index contributed by atoms with van der Waals surface area (Å²) in [6.07, 6.45) is 2.78. The van der Waals surface area contributed by atoms with Crippen molar-refractivity contribution < 1.29 is 9.90 Å². The van der Waals surface area contributed by atoms with Gasteiger partial charge in [-0.2, -0.15) is 0 Å². The lowest BCUT2D eigenvalue weighted by Gasteiger charge is -2.22. The van der Waals surface area contributed by atoms with Gasteiger partial charge in [0.25, 0.3) is 0 Å². The molecule has 1 saturated heterocycles. The van der Waals surface area contributed by atoms with Crippen LogP contribution in [0.3, 0.4) is 0 Å². The van der Waals surface area contributed by atoms with E-state index in [9.17, 15) is 9.90 Å². The number of amides is 1. The molecule has 1 aromatic carbocycles. The van der Waals surface area contributed by atoms with Crippen LogP contribution in [0.25, 0.3) is 0 Å². The minimum atomic E-state index is -0.519.